The van der Waals surface area contributed by atoms with Gasteiger partial charge in [0.15, 0.2) is 5.82 Å². The molecule has 1 aromatic heterocycles. The summed E-state index contributed by atoms with van der Waals surface area (Å²) in [5.74, 6) is 1.31. The predicted octanol–water partition coefficient (Wildman–Crippen LogP) is 4.91. The highest BCUT2D eigenvalue weighted by atomic mass is 35.5. The van der Waals surface area contributed by atoms with Gasteiger partial charge in [0.05, 0.1) is 18.2 Å². The Morgan fingerprint density at radius 3 is 2.72 bits per heavy atom. The van der Waals surface area contributed by atoms with Crippen LogP contribution >= 0.6 is 23.4 Å². The quantitative estimate of drug-likeness (QED) is 0.531. The lowest BCUT2D eigenvalue weighted by Crippen LogP contribution is -2.41. The summed E-state index contributed by atoms with van der Waals surface area (Å²) in [5, 5.41) is 12.4. The summed E-state index contributed by atoms with van der Waals surface area (Å²) in [5.41, 5.74) is 7.41. The van der Waals surface area contributed by atoms with Crippen molar-refractivity contribution in [3.8, 4) is 5.75 Å². The highest BCUT2D eigenvalue weighted by molar-refractivity contribution is 8.00. The van der Waals surface area contributed by atoms with Crippen LogP contribution in [0.1, 0.15) is 41.9 Å². The zero-order valence-electron chi connectivity index (χ0n) is 18.5. The number of hydrogen-bond acceptors (Lipinski definition) is 6. The first kappa shape index (κ1) is 22.5. The third kappa shape index (κ3) is 4.42. The molecule has 1 aliphatic rings. The molecule has 4 rings (SSSR count). The van der Waals surface area contributed by atoms with Crippen molar-refractivity contribution in [2.75, 3.05) is 17.9 Å². The predicted molar refractivity (Wildman–Crippen MR) is 128 cm³/mol. The number of halogens is 1. The van der Waals surface area contributed by atoms with Gasteiger partial charge in [-0.25, -0.2) is 4.68 Å². The van der Waals surface area contributed by atoms with Crippen molar-refractivity contribution in [2.45, 2.75) is 50.1 Å². The zero-order valence-corrected chi connectivity index (χ0v) is 20.0. The minimum absolute atomic E-state index is 0.117. The lowest BCUT2D eigenvalue weighted by molar-refractivity contribution is -0.116. The standard InChI is InChI=1S/C23H26ClN5O2S/c1-5-6-19-26-27-23-29(19)28-20(15-8-10-18(31-4)17(24)12-15)21(32-23)22(30)25-16-9-7-13(2)14(3)11-16/h7-12,20-21,28H,5-6H2,1-4H3,(H,25,30)/t20-,21-/m1/s1. The van der Waals surface area contributed by atoms with Crippen LogP contribution in [0.5, 0.6) is 5.75 Å². The van der Waals surface area contributed by atoms with E-state index in [0.29, 0.717) is 15.9 Å². The number of fused-ring (bicyclic) bond motifs is 1. The average Bonchev–Trinajstić information content (AvgIpc) is 3.17. The molecule has 0 unspecified atom stereocenters. The summed E-state index contributed by atoms with van der Waals surface area (Å²) in [7, 11) is 1.58. The topological polar surface area (TPSA) is 81.1 Å². The van der Waals surface area contributed by atoms with Crippen LogP contribution in [-0.4, -0.2) is 33.1 Å². The summed E-state index contributed by atoms with van der Waals surface area (Å²) in [4.78, 5) is 13.4. The fourth-order valence-electron chi connectivity index (χ4n) is 3.64. The Kier molecular flexibility index (Phi) is 6.62. The molecule has 0 saturated heterocycles. The molecule has 168 valence electrons. The Balaban J connectivity index is 1.68. The summed E-state index contributed by atoms with van der Waals surface area (Å²) in [6.45, 7) is 6.17. The first-order valence-corrected chi connectivity index (χ1v) is 11.8. The fraction of sp³-hybridized carbons (Fsp3) is 0.348. The molecule has 0 fully saturated rings. The van der Waals surface area contributed by atoms with E-state index in [-0.39, 0.29) is 11.9 Å². The van der Waals surface area contributed by atoms with Gasteiger partial charge in [-0.1, -0.05) is 42.4 Å². The van der Waals surface area contributed by atoms with Gasteiger partial charge in [-0.2, -0.15) is 0 Å². The smallest absolute Gasteiger partial charge is 0.240 e. The van der Waals surface area contributed by atoms with Crippen LogP contribution in [-0.2, 0) is 11.2 Å². The molecule has 9 heteroatoms. The number of ether oxygens (including phenoxy) is 1. The third-order valence-electron chi connectivity index (χ3n) is 5.55. The van der Waals surface area contributed by atoms with Crippen molar-refractivity contribution in [3.05, 3.63) is 63.9 Å². The minimum Gasteiger partial charge on any atom is -0.495 e. The lowest BCUT2D eigenvalue weighted by Gasteiger charge is -2.33. The number of aromatic nitrogens is 3. The molecule has 3 aromatic rings. The Labute approximate surface area is 196 Å². The van der Waals surface area contributed by atoms with Gasteiger partial charge in [0.2, 0.25) is 11.1 Å². The van der Waals surface area contributed by atoms with E-state index in [2.05, 4.69) is 27.9 Å². The average molecular weight is 472 g/mol. The van der Waals surface area contributed by atoms with Crippen LogP contribution < -0.4 is 15.5 Å². The molecule has 7 nitrogen and oxygen atoms in total. The highest BCUT2D eigenvalue weighted by Gasteiger charge is 2.38. The molecule has 1 aliphatic heterocycles. The van der Waals surface area contributed by atoms with E-state index in [0.717, 1.165) is 35.5 Å². The zero-order chi connectivity index (χ0) is 22.8. The van der Waals surface area contributed by atoms with Gasteiger partial charge < -0.3 is 15.5 Å². The number of rotatable bonds is 6. The molecule has 0 radical (unpaired) electrons. The maximum absolute atomic E-state index is 13.4. The number of hydrogen-bond donors (Lipinski definition) is 2. The van der Waals surface area contributed by atoms with Crippen molar-refractivity contribution in [1.82, 2.24) is 14.9 Å². The molecule has 0 spiro atoms. The van der Waals surface area contributed by atoms with Gasteiger partial charge in [-0.05, 0) is 61.2 Å². The van der Waals surface area contributed by atoms with Gasteiger partial charge >= 0.3 is 0 Å². The maximum Gasteiger partial charge on any atom is 0.240 e. The van der Waals surface area contributed by atoms with E-state index in [1.165, 1.54) is 17.3 Å². The van der Waals surface area contributed by atoms with Crippen LogP contribution in [0, 0.1) is 13.8 Å². The number of amides is 1. The molecular formula is C23H26ClN5O2S. The van der Waals surface area contributed by atoms with Crippen molar-refractivity contribution in [3.63, 3.8) is 0 Å². The number of nitrogens with one attached hydrogen (secondary N) is 2. The van der Waals surface area contributed by atoms with Gasteiger partial charge in [-0.15, -0.1) is 10.2 Å². The molecule has 0 bridgehead atoms. The molecule has 2 atom stereocenters. The number of carbonyl (C=O) groups is 1. The first-order chi connectivity index (χ1) is 15.4. The minimum atomic E-state index is -0.479. The molecule has 2 heterocycles. The second kappa shape index (κ2) is 9.42. The van der Waals surface area contributed by atoms with Crippen LogP contribution in [0.15, 0.2) is 41.6 Å². The fourth-order valence-corrected chi connectivity index (χ4v) is 5.01. The van der Waals surface area contributed by atoms with Crippen molar-refractivity contribution < 1.29 is 9.53 Å². The summed E-state index contributed by atoms with van der Waals surface area (Å²) in [6.07, 6.45) is 1.73. The number of carbonyl (C=O) groups excluding carboxylic acids is 1. The number of methoxy groups -OCH3 is 1. The van der Waals surface area contributed by atoms with Gasteiger partial charge in [0, 0.05) is 12.1 Å². The SMILES string of the molecule is CCCc1nnc2n1N[C@H](c1ccc(OC)c(Cl)c1)[C@H](C(=O)Nc1ccc(C)c(C)c1)S2. The van der Waals surface area contributed by atoms with Crippen molar-refractivity contribution in [2.24, 2.45) is 0 Å². The molecule has 0 saturated carbocycles. The molecule has 32 heavy (non-hydrogen) atoms. The van der Waals surface area contributed by atoms with Crippen molar-refractivity contribution >= 4 is 35.0 Å². The number of thioether (sulfide) groups is 1. The summed E-state index contributed by atoms with van der Waals surface area (Å²) < 4.78 is 7.18. The second-order valence-corrected chi connectivity index (χ2v) is 9.33. The monoisotopic (exact) mass is 471 g/mol. The third-order valence-corrected chi connectivity index (χ3v) is 7.06. The second-order valence-electron chi connectivity index (χ2n) is 7.81. The van der Waals surface area contributed by atoms with Gasteiger partial charge in [0.25, 0.3) is 0 Å². The molecule has 2 N–H and O–H groups in total. The van der Waals surface area contributed by atoms with Crippen molar-refractivity contribution in [1.29, 1.82) is 0 Å². The maximum atomic E-state index is 13.4. The van der Waals surface area contributed by atoms with Crippen LogP contribution in [0.2, 0.25) is 5.02 Å². The van der Waals surface area contributed by atoms with E-state index in [9.17, 15) is 4.79 Å². The first-order valence-electron chi connectivity index (χ1n) is 10.5. The van der Waals surface area contributed by atoms with E-state index < -0.39 is 5.25 Å². The Morgan fingerprint density at radius 2 is 2.03 bits per heavy atom. The van der Waals surface area contributed by atoms with Crippen LogP contribution in [0.3, 0.4) is 0 Å². The number of aryl methyl sites for hydroxylation is 3. The van der Waals surface area contributed by atoms with Crippen LogP contribution in [0.4, 0.5) is 5.69 Å². The van der Waals surface area contributed by atoms with Gasteiger partial charge in [0.1, 0.15) is 11.0 Å². The lowest BCUT2D eigenvalue weighted by atomic mass is 10.0. The Bertz CT molecular complexity index is 1150. The Hall–Kier alpha value is -2.71. The van der Waals surface area contributed by atoms with Gasteiger partial charge in [-0.3, -0.25) is 4.79 Å². The van der Waals surface area contributed by atoms with E-state index in [4.69, 9.17) is 16.3 Å². The number of nitrogens with zero attached hydrogens (tertiary/aromatic N) is 3. The highest BCUT2D eigenvalue weighted by Crippen LogP contribution is 2.39. The van der Waals surface area contributed by atoms with Crippen LogP contribution in [0.25, 0.3) is 0 Å². The summed E-state index contributed by atoms with van der Waals surface area (Å²) in [6, 6.07) is 11.1. The molecule has 1 amide bonds. The number of anilines is 1. The summed E-state index contributed by atoms with van der Waals surface area (Å²) >= 11 is 7.80. The van der Waals surface area contributed by atoms with E-state index >= 15 is 0 Å². The molecular weight excluding hydrogens is 446 g/mol. The van der Waals surface area contributed by atoms with E-state index in [1.807, 2.05) is 54.9 Å². The molecule has 2 aromatic carbocycles. The number of benzene rings is 2. The Morgan fingerprint density at radius 1 is 1.22 bits per heavy atom. The van der Waals surface area contributed by atoms with E-state index in [1.54, 1.807) is 7.11 Å². The normalized spacial score (nSPS) is 17.4. The molecule has 0 aliphatic carbocycles. The largest absolute Gasteiger partial charge is 0.495 e.